The number of β-amino-alcohol motifs (C(OH)–C–C–N with tert-alkyl or cyclic N) is 1. The number of ether oxygens (including phenoxy) is 1. The van der Waals surface area contributed by atoms with Crippen LogP contribution in [0.3, 0.4) is 0 Å². The molecule has 0 aromatic heterocycles. The summed E-state index contributed by atoms with van der Waals surface area (Å²) in [5.41, 5.74) is 0. The van der Waals surface area contributed by atoms with Crippen molar-refractivity contribution in [2.45, 2.75) is 25.0 Å². The number of piperazine rings is 1. The van der Waals surface area contributed by atoms with Crippen molar-refractivity contribution in [1.29, 1.82) is 0 Å². The molecule has 0 radical (unpaired) electrons. The molecule has 1 saturated heterocycles. The Balaban J connectivity index is 1.34. The van der Waals surface area contributed by atoms with E-state index in [-0.39, 0.29) is 12.5 Å². The first-order valence-electron chi connectivity index (χ1n) is 8.99. The molecule has 2 N–H and O–H groups in total. The van der Waals surface area contributed by atoms with Gasteiger partial charge < -0.3 is 15.2 Å². The number of carbonyl (C=O) groups excluding carboxylic acids is 1. The maximum atomic E-state index is 11.8. The second-order valence-corrected chi connectivity index (χ2v) is 7.80. The molecule has 1 saturated carbocycles. The van der Waals surface area contributed by atoms with Gasteiger partial charge in [-0.25, -0.2) is 0 Å². The quantitative estimate of drug-likeness (QED) is 0.692. The van der Waals surface area contributed by atoms with Gasteiger partial charge in [-0.3, -0.25) is 14.6 Å². The number of aliphatic hydroxyl groups excluding tert-OH is 1. The number of hydrogen-bond donors (Lipinski definition) is 2. The molecule has 1 unspecified atom stereocenters. The summed E-state index contributed by atoms with van der Waals surface area (Å²) in [5.74, 6) is 0.595. The molecule has 2 fully saturated rings. The molecule has 3 rings (SSSR count). The molecular formula is C18H25Cl2N3O3. The summed E-state index contributed by atoms with van der Waals surface area (Å²) in [5, 5.41) is 14.2. The number of amides is 1. The Morgan fingerprint density at radius 2 is 1.92 bits per heavy atom. The number of nitrogens with one attached hydrogen (secondary N) is 1. The number of nitrogens with zero attached hydrogens (tertiary/aromatic N) is 2. The molecule has 1 aromatic rings. The lowest BCUT2D eigenvalue weighted by molar-refractivity contribution is -0.122. The smallest absolute Gasteiger partial charge is 0.234 e. The second-order valence-electron chi connectivity index (χ2n) is 6.96. The highest BCUT2D eigenvalue weighted by atomic mass is 35.5. The Bertz CT molecular complexity index is 620. The largest absolute Gasteiger partial charge is 0.489 e. The van der Waals surface area contributed by atoms with Crippen LogP contribution >= 0.6 is 23.2 Å². The minimum atomic E-state index is -0.616. The maximum absolute atomic E-state index is 11.8. The third-order valence-electron chi connectivity index (χ3n) is 4.57. The van der Waals surface area contributed by atoms with E-state index in [1.54, 1.807) is 18.2 Å². The van der Waals surface area contributed by atoms with E-state index in [0.717, 1.165) is 39.0 Å². The Morgan fingerprint density at radius 1 is 1.23 bits per heavy atom. The molecule has 0 bridgehead atoms. The van der Waals surface area contributed by atoms with Crippen LogP contribution < -0.4 is 10.1 Å². The van der Waals surface area contributed by atoms with Crippen LogP contribution in [0.2, 0.25) is 10.0 Å². The van der Waals surface area contributed by atoms with Crippen LogP contribution in [-0.2, 0) is 4.79 Å². The van der Waals surface area contributed by atoms with Crippen LogP contribution in [0.25, 0.3) is 0 Å². The van der Waals surface area contributed by atoms with E-state index < -0.39 is 6.10 Å². The number of rotatable bonds is 8. The number of halogens is 2. The maximum Gasteiger partial charge on any atom is 0.234 e. The molecule has 1 heterocycles. The molecule has 1 aromatic carbocycles. The van der Waals surface area contributed by atoms with Gasteiger partial charge in [-0.2, -0.15) is 0 Å². The lowest BCUT2D eigenvalue weighted by Gasteiger charge is -2.35. The van der Waals surface area contributed by atoms with Crippen molar-refractivity contribution in [2.24, 2.45) is 0 Å². The number of carbonyl (C=O) groups is 1. The van der Waals surface area contributed by atoms with Gasteiger partial charge >= 0.3 is 0 Å². The van der Waals surface area contributed by atoms with Gasteiger partial charge in [0.15, 0.2) is 0 Å². The van der Waals surface area contributed by atoms with Crippen molar-refractivity contribution >= 4 is 29.1 Å². The van der Waals surface area contributed by atoms with Crippen molar-refractivity contribution in [3.05, 3.63) is 28.2 Å². The lowest BCUT2D eigenvalue weighted by Crippen LogP contribution is -2.51. The Kier molecular flexibility index (Phi) is 7.00. The van der Waals surface area contributed by atoms with Crippen LogP contribution in [0.1, 0.15) is 12.8 Å². The van der Waals surface area contributed by atoms with Crippen molar-refractivity contribution in [1.82, 2.24) is 15.1 Å². The van der Waals surface area contributed by atoms with E-state index in [4.69, 9.17) is 27.9 Å². The van der Waals surface area contributed by atoms with Gasteiger partial charge in [0.1, 0.15) is 18.5 Å². The summed E-state index contributed by atoms with van der Waals surface area (Å²) in [6, 6.07) is 5.41. The van der Waals surface area contributed by atoms with Gasteiger partial charge in [-0.05, 0) is 25.0 Å². The first-order valence-corrected chi connectivity index (χ1v) is 9.75. The van der Waals surface area contributed by atoms with E-state index >= 15 is 0 Å². The van der Waals surface area contributed by atoms with Gasteiger partial charge in [-0.15, -0.1) is 0 Å². The van der Waals surface area contributed by atoms with Crippen LogP contribution in [0.15, 0.2) is 18.2 Å². The zero-order valence-electron chi connectivity index (χ0n) is 14.7. The molecular weight excluding hydrogens is 377 g/mol. The third kappa shape index (κ3) is 6.28. The second kappa shape index (κ2) is 9.24. The fourth-order valence-electron chi connectivity index (χ4n) is 2.96. The highest BCUT2D eigenvalue weighted by Gasteiger charge is 2.25. The normalized spacial score (nSPS) is 20.0. The zero-order chi connectivity index (χ0) is 18.5. The molecule has 1 atom stereocenters. The molecule has 26 heavy (non-hydrogen) atoms. The van der Waals surface area contributed by atoms with E-state index in [9.17, 15) is 9.90 Å². The van der Waals surface area contributed by atoms with Crippen molar-refractivity contribution < 1.29 is 14.6 Å². The SMILES string of the molecule is O=C(CN1CCN(CC(O)COc2cc(Cl)ccc2Cl)CC1)NC1CC1. The topological polar surface area (TPSA) is 65.0 Å². The Labute approximate surface area is 164 Å². The van der Waals surface area contributed by atoms with Crippen LogP contribution in [0, 0.1) is 0 Å². The average molecular weight is 402 g/mol. The van der Waals surface area contributed by atoms with Gasteiger partial charge in [0.2, 0.25) is 5.91 Å². The van der Waals surface area contributed by atoms with Gasteiger partial charge in [0, 0.05) is 49.9 Å². The summed E-state index contributed by atoms with van der Waals surface area (Å²) in [7, 11) is 0. The Hall–Kier alpha value is -1.05. The minimum absolute atomic E-state index is 0.118. The van der Waals surface area contributed by atoms with Gasteiger partial charge in [0.05, 0.1) is 11.6 Å². The summed E-state index contributed by atoms with van der Waals surface area (Å²) in [6.45, 7) is 4.45. The van der Waals surface area contributed by atoms with Gasteiger partial charge in [0.25, 0.3) is 0 Å². The molecule has 2 aliphatic rings. The van der Waals surface area contributed by atoms with Crippen molar-refractivity contribution in [2.75, 3.05) is 45.9 Å². The number of aliphatic hydroxyl groups is 1. The summed E-state index contributed by atoms with van der Waals surface area (Å²) in [6.07, 6.45) is 1.61. The molecule has 1 amide bonds. The Morgan fingerprint density at radius 3 is 2.62 bits per heavy atom. The predicted molar refractivity (Wildman–Crippen MR) is 102 cm³/mol. The van der Waals surface area contributed by atoms with E-state index in [2.05, 4.69) is 15.1 Å². The fourth-order valence-corrected chi connectivity index (χ4v) is 3.29. The van der Waals surface area contributed by atoms with Crippen LogP contribution in [0.5, 0.6) is 5.75 Å². The first-order chi connectivity index (χ1) is 12.5. The molecule has 1 aliphatic heterocycles. The summed E-state index contributed by atoms with van der Waals surface area (Å²) >= 11 is 12.0. The third-order valence-corrected chi connectivity index (χ3v) is 5.12. The minimum Gasteiger partial charge on any atom is -0.489 e. The monoisotopic (exact) mass is 401 g/mol. The van der Waals surface area contributed by atoms with E-state index in [1.165, 1.54) is 0 Å². The van der Waals surface area contributed by atoms with Crippen LogP contribution in [0.4, 0.5) is 0 Å². The number of benzene rings is 1. The lowest BCUT2D eigenvalue weighted by atomic mass is 10.2. The summed E-state index contributed by atoms with van der Waals surface area (Å²) < 4.78 is 5.58. The highest BCUT2D eigenvalue weighted by molar-refractivity contribution is 6.34. The van der Waals surface area contributed by atoms with Crippen molar-refractivity contribution in [3.63, 3.8) is 0 Å². The molecule has 6 nitrogen and oxygen atoms in total. The first kappa shape index (κ1) is 19.7. The predicted octanol–water partition coefficient (Wildman–Crippen LogP) is 1.63. The molecule has 1 aliphatic carbocycles. The standard InChI is InChI=1S/C18H25Cl2N3O3/c19-13-1-4-16(20)17(9-13)26-12-15(24)10-22-5-7-23(8-6-22)11-18(25)21-14-2-3-14/h1,4,9,14-15,24H,2-3,5-8,10-12H2,(H,21,25). The van der Waals surface area contributed by atoms with Crippen molar-refractivity contribution in [3.8, 4) is 5.75 Å². The molecule has 0 spiro atoms. The van der Waals surface area contributed by atoms with Gasteiger partial charge in [-0.1, -0.05) is 23.2 Å². The summed E-state index contributed by atoms with van der Waals surface area (Å²) in [4.78, 5) is 16.2. The zero-order valence-corrected chi connectivity index (χ0v) is 16.2. The van der Waals surface area contributed by atoms with Crippen LogP contribution in [-0.4, -0.2) is 78.8 Å². The molecule has 8 heteroatoms. The molecule has 144 valence electrons. The fraction of sp³-hybridized carbons (Fsp3) is 0.611. The van der Waals surface area contributed by atoms with E-state index in [0.29, 0.717) is 34.9 Å². The number of hydrogen-bond acceptors (Lipinski definition) is 5. The average Bonchev–Trinajstić information content (AvgIpc) is 3.41. The van der Waals surface area contributed by atoms with E-state index in [1.807, 2.05) is 0 Å². The highest BCUT2D eigenvalue weighted by Crippen LogP contribution is 2.27.